The minimum absolute atomic E-state index is 0.0225. The SMILES string of the molecule is CC(C)OCC1CN(c2cc(NCc3ccc4c(c3)n(C)c(=O)n4C)nc(C(C)C)n2)CCO1.O=C(O)C(F)(F)F. The average molecular weight is 583 g/mol. The van der Waals surface area contributed by atoms with Gasteiger partial charge in [0.15, 0.2) is 0 Å². The predicted octanol–water partition coefficient (Wildman–Crippen LogP) is 3.67. The van der Waals surface area contributed by atoms with Crippen molar-refractivity contribution in [2.45, 2.75) is 58.5 Å². The van der Waals surface area contributed by atoms with Gasteiger partial charge in [-0.3, -0.25) is 9.13 Å². The van der Waals surface area contributed by atoms with E-state index in [1.165, 1.54) is 0 Å². The largest absolute Gasteiger partial charge is 0.490 e. The lowest BCUT2D eigenvalue weighted by atomic mass is 10.2. The van der Waals surface area contributed by atoms with Crippen molar-refractivity contribution in [1.29, 1.82) is 0 Å². The molecular formula is C27H37F3N6O5. The summed E-state index contributed by atoms with van der Waals surface area (Å²) in [6, 6.07) is 8.10. The Morgan fingerprint density at radius 3 is 2.41 bits per heavy atom. The number of hydrogen-bond donors (Lipinski definition) is 2. The van der Waals surface area contributed by atoms with Gasteiger partial charge in [0, 0.05) is 45.7 Å². The Bertz CT molecular complexity index is 1400. The van der Waals surface area contributed by atoms with Crippen molar-refractivity contribution in [2.24, 2.45) is 14.1 Å². The van der Waals surface area contributed by atoms with E-state index in [0.29, 0.717) is 19.8 Å². The molecule has 2 aromatic heterocycles. The van der Waals surface area contributed by atoms with Gasteiger partial charge in [-0.2, -0.15) is 13.2 Å². The van der Waals surface area contributed by atoms with Gasteiger partial charge in [-0.25, -0.2) is 19.6 Å². The van der Waals surface area contributed by atoms with E-state index in [1.807, 2.05) is 32.0 Å². The molecule has 14 heteroatoms. The van der Waals surface area contributed by atoms with Crippen molar-refractivity contribution in [1.82, 2.24) is 19.1 Å². The molecule has 1 fully saturated rings. The molecule has 3 aromatic rings. The molecule has 1 saturated heterocycles. The number of hydrogen-bond acceptors (Lipinski definition) is 8. The van der Waals surface area contributed by atoms with E-state index in [-0.39, 0.29) is 23.8 Å². The maximum absolute atomic E-state index is 12.2. The van der Waals surface area contributed by atoms with Crippen LogP contribution < -0.4 is 15.9 Å². The lowest BCUT2D eigenvalue weighted by molar-refractivity contribution is -0.192. The fourth-order valence-electron chi connectivity index (χ4n) is 4.15. The number of halogens is 3. The van der Waals surface area contributed by atoms with Gasteiger partial charge in [0.25, 0.3) is 0 Å². The summed E-state index contributed by atoms with van der Waals surface area (Å²) in [5, 5.41) is 10.6. The third-order valence-electron chi connectivity index (χ3n) is 6.38. The fourth-order valence-corrected chi connectivity index (χ4v) is 4.15. The first kappa shape index (κ1) is 31.9. The molecule has 1 aliphatic heterocycles. The number of nitrogens with zero attached hydrogens (tertiary/aromatic N) is 5. The van der Waals surface area contributed by atoms with E-state index < -0.39 is 12.1 Å². The van der Waals surface area contributed by atoms with E-state index in [9.17, 15) is 18.0 Å². The number of aliphatic carboxylic acids is 1. The molecule has 1 aromatic carbocycles. The summed E-state index contributed by atoms with van der Waals surface area (Å²) in [6.45, 7) is 11.6. The number of imidazole rings is 1. The zero-order valence-corrected chi connectivity index (χ0v) is 24.0. The van der Waals surface area contributed by atoms with E-state index in [4.69, 9.17) is 29.3 Å². The summed E-state index contributed by atoms with van der Waals surface area (Å²) in [7, 11) is 3.60. The van der Waals surface area contributed by atoms with Gasteiger partial charge in [-0.1, -0.05) is 19.9 Å². The number of fused-ring (bicyclic) bond motifs is 1. The van der Waals surface area contributed by atoms with Crippen LogP contribution >= 0.6 is 0 Å². The molecule has 1 aliphatic rings. The number of rotatable bonds is 8. The van der Waals surface area contributed by atoms with E-state index in [1.54, 1.807) is 23.2 Å². The molecule has 2 N–H and O–H groups in total. The second-order valence-electron chi connectivity index (χ2n) is 10.3. The van der Waals surface area contributed by atoms with Crippen LogP contribution in [0.3, 0.4) is 0 Å². The second-order valence-corrected chi connectivity index (χ2v) is 10.3. The predicted molar refractivity (Wildman–Crippen MR) is 148 cm³/mol. The van der Waals surface area contributed by atoms with Crippen molar-refractivity contribution in [3.63, 3.8) is 0 Å². The van der Waals surface area contributed by atoms with E-state index >= 15 is 0 Å². The zero-order chi connectivity index (χ0) is 30.5. The first-order chi connectivity index (χ1) is 19.2. The van der Waals surface area contributed by atoms with Gasteiger partial charge in [0.1, 0.15) is 17.5 Å². The summed E-state index contributed by atoms with van der Waals surface area (Å²) in [5.74, 6) is -0.0520. The Morgan fingerprint density at radius 2 is 1.80 bits per heavy atom. The van der Waals surface area contributed by atoms with Gasteiger partial charge in [0.05, 0.1) is 36.5 Å². The quantitative estimate of drug-likeness (QED) is 0.410. The molecule has 41 heavy (non-hydrogen) atoms. The standard InChI is InChI=1S/C25H36N6O3.C2HF3O2/c1-16(2)24-27-22(12-23(28-24)31-9-10-33-19(14-31)15-34-17(3)4)26-13-18-7-8-20-21(11-18)30(6)25(32)29(20)5;3-2(4,5)1(6)7/h7-8,11-12,16-17,19H,9-10,13-15H2,1-6H3,(H,26,27,28);(H,6,7). The van der Waals surface area contributed by atoms with Crippen molar-refractivity contribution in [3.8, 4) is 0 Å². The molecule has 1 atom stereocenters. The molecular weight excluding hydrogens is 545 g/mol. The third-order valence-corrected chi connectivity index (χ3v) is 6.38. The summed E-state index contributed by atoms with van der Waals surface area (Å²) in [5.41, 5.74) is 2.90. The van der Waals surface area contributed by atoms with Crippen LogP contribution in [0.5, 0.6) is 0 Å². The first-order valence-electron chi connectivity index (χ1n) is 13.2. The molecule has 0 amide bonds. The monoisotopic (exact) mass is 582 g/mol. The number of aromatic nitrogens is 4. The van der Waals surface area contributed by atoms with Crippen LogP contribution in [0.25, 0.3) is 11.0 Å². The Hall–Kier alpha value is -3.65. The highest BCUT2D eigenvalue weighted by Gasteiger charge is 2.38. The van der Waals surface area contributed by atoms with Crippen molar-refractivity contribution in [3.05, 3.63) is 46.1 Å². The molecule has 0 saturated carbocycles. The molecule has 0 spiro atoms. The van der Waals surface area contributed by atoms with Crippen LogP contribution in [0.1, 0.15) is 45.0 Å². The number of ether oxygens (including phenoxy) is 2. The number of aryl methyl sites for hydroxylation is 2. The topological polar surface area (TPSA) is 124 Å². The Kier molecular flexibility index (Phi) is 10.4. The Morgan fingerprint density at radius 1 is 1.15 bits per heavy atom. The van der Waals surface area contributed by atoms with Gasteiger partial charge in [-0.05, 0) is 31.5 Å². The van der Waals surface area contributed by atoms with Gasteiger partial charge < -0.3 is 24.8 Å². The maximum atomic E-state index is 12.2. The van der Waals surface area contributed by atoms with Crippen molar-refractivity contribution >= 4 is 28.6 Å². The number of carboxylic acids is 1. The van der Waals surface area contributed by atoms with Crippen LogP contribution in [0.2, 0.25) is 0 Å². The number of morpholine rings is 1. The van der Waals surface area contributed by atoms with E-state index in [2.05, 4.69) is 30.1 Å². The van der Waals surface area contributed by atoms with Crippen LogP contribution in [-0.4, -0.2) is 74.9 Å². The molecule has 3 heterocycles. The number of benzene rings is 1. The maximum Gasteiger partial charge on any atom is 0.490 e. The lowest BCUT2D eigenvalue weighted by Gasteiger charge is -2.34. The van der Waals surface area contributed by atoms with E-state index in [0.717, 1.165) is 47.1 Å². The van der Waals surface area contributed by atoms with Crippen LogP contribution in [0.15, 0.2) is 29.1 Å². The first-order valence-corrected chi connectivity index (χ1v) is 13.2. The average Bonchev–Trinajstić information content (AvgIpc) is 3.13. The molecule has 11 nitrogen and oxygen atoms in total. The minimum atomic E-state index is -5.08. The summed E-state index contributed by atoms with van der Waals surface area (Å²) in [6.07, 6.45) is -4.88. The van der Waals surface area contributed by atoms with Crippen molar-refractivity contribution in [2.75, 3.05) is 36.5 Å². The molecule has 0 radical (unpaired) electrons. The van der Waals surface area contributed by atoms with Crippen LogP contribution in [-0.2, 0) is 34.9 Å². The number of carbonyl (C=O) groups is 1. The fraction of sp³-hybridized carbons (Fsp3) is 0.556. The van der Waals surface area contributed by atoms with Gasteiger partial charge in [0.2, 0.25) is 0 Å². The minimum Gasteiger partial charge on any atom is -0.475 e. The normalized spacial score (nSPS) is 15.8. The van der Waals surface area contributed by atoms with Crippen LogP contribution in [0.4, 0.5) is 24.8 Å². The summed E-state index contributed by atoms with van der Waals surface area (Å²) < 4.78 is 46.7. The van der Waals surface area contributed by atoms with Crippen molar-refractivity contribution < 1.29 is 32.5 Å². The highest BCUT2D eigenvalue weighted by molar-refractivity contribution is 5.77. The highest BCUT2D eigenvalue weighted by atomic mass is 19.4. The smallest absolute Gasteiger partial charge is 0.475 e. The Balaban J connectivity index is 0.000000587. The van der Waals surface area contributed by atoms with Gasteiger partial charge in [-0.15, -0.1) is 0 Å². The molecule has 0 aliphatic carbocycles. The third kappa shape index (κ3) is 8.43. The molecule has 1 unspecified atom stereocenters. The number of nitrogens with one attached hydrogen (secondary N) is 1. The zero-order valence-electron chi connectivity index (χ0n) is 24.0. The molecule has 226 valence electrons. The Labute approximate surface area is 235 Å². The second kappa shape index (κ2) is 13.3. The summed E-state index contributed by atoms with van der Waals surface area (Å²) >= 11 is 0. The molecule has 4 rings (SSSR count). The highest BCUT2D eigenvalue weighted by Crippen LogP contribution is 2.23. The number of alkyl halides is 3. The summed E-state index contributed by atoms with van der Waals surface area (Å²) in [4.78, 5) is 33.0. The van der Waals surface area contributed by atoms with Crippen LogP contribution in [0, 0.1) is 0 Å². The molecule has 0 bridgehead atoms. The number of carboxylic acid groups (broad SMARTS) is 1. The van der Waals surface area contributed by atoms with Gasteiger partial charge >= 0.3 is 17.8 Å². The lowest BCUT2D eigenvalue weighted by Crippen LogP contribution is -2.45. The number of anilines is 2.